The number of hydrogen-bond donors (Lipinski definition) is 0. The average Bonchev–Trinajstić information content (AvgIpc) is 3.51. The summed E-state index contributed by atoms with van der Waals surface area (Å²) in [7, 11) is 2.16. The lowest BCUT2D eigenvalue weighted by atomic mass is 9.96. The molecule has 5 heterocycles. The molecule has 4 aromatic heterocycles. The van der Waals surface area contributed by atoms with Crippen molar-refractivity contribution in [3.8, 4) is 11.3 Å². The molecule has 172 valence electrons. The van der Waals surface area contributed by atoms with Gasteiger partial charge in [0.1, 0.15) is 5.82 Å². The summed E-state index contributed by atoms with van der Waals surface area (Å²) in [5.41, 5.74) is 4.61. The van der Waals surface area contributed by atoms with Crippen LogP contribution in [0.5, 0.6) is 0 Å². The van der Waals surface area contributed by atoms with Crippen LogP contribution in [0.3, 0.4) is 0 Å². The number of aromatic nitrogens is 6. The molecule has 6 rings (SSSR count). The summed E-state index contributed by atoms with van der Waals surface area (Å²) in [6.07, 6.45) is 9.62. The summed E-state index contributed by atoms with van der Waals surface area (Å²) >= 11 is 0. The van der Waals surface area contributed by atoms with Crippen LogP contribution in [0, 0.1) is 5.82 Å². The van der Waals surface area contributed by atoms with E-state index in [2.05, 4.69) is 37.9 Å². The maximum absolute atomic E-state index is 15.0. The summed E-state index contributed by atoms with van der Waals surface area (Å²) in [6.45, 7) is 4.15. The van der Waals surface area contributed by atoms with Crippen molar-refractivity contribution < 1.29 is 4.39 Å². The minimum Gasteiger partial charge on any atom is -0.306 e. The number of halogens is 1. The van der Waals surface area contributed by atoms with Gasteiger partial charge < -0.3 is 4.90 Å². The first-order chi connectivity index (χ1) is 16.6. The summed E-state index contributed by atoms with van der Waals surface area (Å²) in [6, 6.07) is 11.5. The van der Waals surface area contributed by atoms with E-state index in [1.165, 1.54) is 6.07 Å². The van der Waals surface area contributed by atoms with Crippen LogP contribution < -0.4 is 0 Å². The highest BCUT2D eigenvalue weighted by Crippen LogP contribution is 2.30. The van der Waals surface area contributed by atoms with Crippen LogP contribution in [-0.4, -0.2) is 54.4 Å². The topological polar surface area (TPSA) is 64.1 Å². The standard InChI is InChI=1S/C26H26FN7/c1-17(21-12-18-4-3-9-28-24(18)13-22(21)27)25-15-29-26-6-5-23(31-34(25)26)19-14-30-33(16-19)20-7-10-32(2)11-8-20/h3-6,9,12-17,20H,7-8,10-11H2,1-2H3. The van der Waals surface area contributed by atoms with Gasteiger partial charge in [0.15, 0.2) is 5.65 Å². The lowest BCUT2D eigenvalue weighted by molar-refractivity contribution is 0.212. The van der Waals surface area contributed by atoms with Gasteiger partial charge in [-0.3, -0.25) is 9.67 Å². The number of benzene rings is 1. The fourth-order valence-electron chi connectivity index (χ4n) is 4.87. The van der Waals surface area contributed by atoms with Crippen LogP contribution in [0.2, 0.25) is 0 Å². The molecule has 7 nitrogen and oxygen atoms in total. The van der Waals surface area contributed by atoms with Crippen molar-refractivity contribution in [3.05, 3.63) is 78.3 Å². The van der Waals surface area contributed by atoms with Crippen molar-refractivity contribution in [3.63, 3.8) is 0 Å². The molecule has 0 bridgehead atoms. The Morgan fingerprint density at radius 3 is 2.76 bits per heavy atom. The predicted molar refractivity (Wildman–Crippen MR) is 129 cm³/mol. The van der Waals surface area contributed by atoms with E-state index < -0.39 is 0 Å². The number of pyridine rings is 1. The van der Waals surface area contributed by atoms with Crippen molar-refractivity contribution >= 4 is 16.6 Å². The van der Waals surface area contributed by atoms with Crippen LogP contribution >= 0.6 is 0 Å². The number of nitrogens with zero attached hydrogens (tertiary/aromatic N) is 7. The Morgan fingerprint density at radius 2 is 1.91 bits per heavy atom. The van der Waals surface area contributed by atoms with E-state index in [0.29, 0.717) is 17.1 Å². The molecule has 0 amide bonds. The third-order valence-corrected chi connectivity index (χ3v) is 6.98. The SMILES string of the molecule is CC(c1cc2cccnc2cc1F)c1cnc2ccc(-c3cnn(C4CCN(C)CC4)c3)nn12. The fourth-order valence-corrected chi connectivity index (χ4v) is 4.87. The zero-order valence-corrected chi connectivity index (χ0v) is 19.3. The van der Waals surface area contributed by atoms with E-state index in [4.69, 9.17) is 5.10 Å². The van der Waals surface area contributed by atoms with E-state index >= 15 is 4.39 Å². The highest BCUT2D eigenvalue weighted by molar-refractivity contribution is 5.79. The summed E-state index contributed by atoms with van der Waals surface area (Å²) < 4.78 is 18.9. The lowest BCUT2D eigenvalue weighted by Crippen LogP contribution is -2.31. The smallest absolute Gasteiger partial charge is 0.153 e. The van der Waals surface area contributed by atoms with Gasteiger partial charge >= 0.3 is 0 Å². The third-order valence-electron chi connectivity index (χ3n) is 6.98. The molecule has 8 heteroatoms. The molecule has 0 aliphatic carbocycles. The number of imidazole rings is 1. The lowest BCUT2D eigenvalue weighted by Gasteiger charge is -2.28. The predicted octanol–water partition coefficient (Wildman–Crippen LogP) is 4.70. The van der Waals surface area contributed by atoms with Gasteiger partial charge in [0.25, 0.3) is 0 Å². The quantitative estimate of drug-likeness (QED) is 0.393. The molecule has 1 fully saturated rings. The monoisotopic (exact) mass is 455 g/mol. The Morgan fingerprint density at radius 1 is 1.06 bits per heavy atom. The molecule has 1 saturated heterocycles. The van der Waals surface area contributed by atoms with Gasteiger partial charge in [0.2, 0.25) is 0 Å². The second-order valence-corrected chi connectivity index (χ2v) is 9.21. The van der Waals surface area contributed by atoms with Crippen molar-refractivity contribution in [2.24, 2.45) is 0 Å². The van der Waals surface area contributed by atoms with Crippen LogP contribution in [0.1, 0.15) is 43.0 Å². The van der Waals surface area contributed by atoms with E-state index in [-0.39, 0.29) is 11.7 Å². The zero-order chi connectivity index (χ0) is 23.2. The average molecular weight is 456 g/mol. The van der Waals surface area contributed by atoms with Gasteiger partial charge in [-0.2, -0.15) is 10.2 Å². The number of likely N-dealkylation sites (tertiary alicyclic amines) is 1. The molecule has 34 heavy (non-hydrogen) atoms. The summed E-state index contributed by atoms with van der Waals surface area (Å²) in [5.74, 6) is -0.506. The minimum absolute atomic E-state index is 0.232. The van der Waals surface area contributed by atoms with Crippen molar-refractivity contribution in [1.82, 2.24) is 34.3 Å². The first-order valence-corrected chi connectivity index (χ1v) is 11.7. The molecule has 1 aliphatic rings. The maximum Gasteiger partial charge on any atom is 0.153 e. The maximum atomic E-state index is 15.0. The Bertz CT molecular complexity index is 1480. The van der Waals surface area contributed by atoms with Gasteiger partial charge in [-0.15, -0.1) is 0 Å². The fraction of sp³-hybridized carbons (Fsp3) is 0.308. The second kappa shape index (κ2) is 8.29. The van der Waals surface area contributed by atoms with E-state index in [1.54, 1.807) is 12.4 Å². The molecule has 1 aliphatic heterocycles. The van der Waals surface area contributed by atoms with Gasteiger partial charge in [-0.1, -0.05) is 13.0 Å². The summed E-state index contributed by atoms with van der Waals surface area (Å²) in [4.78, 5) is 11.1. The normalized spacial score (nSPS) is 16.4. The molecular formula is C26H26FN7. The molecule has 5 aromatic rings. The molecule has 0 spiro atoms. The van der Waals surface area contributed by atoms with Gasteiger partial charge in [-0.25, -0.2) is 13.9 Å². The van der Waals surface area contributed by atoms with Crippen LogP contribution in [-0.2, 0) is 0 Å². The van der Waals surface area contributed by atoms with Crippen molar-refractivity contribution in [1.29, 1.82) is 0 Å². The van der Waals surface area contributed by atoms with E-state index in [1.807, 2.05) is 48.0 Å². The van der Waals surface area contributed by atoms with Gasteiger partial charge in [0, 0.05) is 35.3 Å². The molecule has 0 N–H and O–H groups in total. The first-order valence-electron chi connectivity index (χ1n) is 11.7. The Hall–Kier alpha value is -3.65. The van der Waals surface area contributed by atoms with Crippen molar-refractivity contribution in [2.45, 2.75) is 31.7 Å². The summed E-state index contributed by atoms with van der Waals surface area (Å²) in [5, 5.41) is 10.4. The highest BCUT2D eigenvalue weighted by atomic mass is 19.1. The second-order valence-electron chi connectivity index (χ2n) is 9.21. The van der Waals surface area contributed by atoms with Crippen LogP contribution in [0.25, 0.3) is 27.8 Å². The van der Waals surface area contributed by atoms with E-state index in [9.17, 15) is 0 Å². The molecular weight excluding hydrogens is 429 g/mol. The Kier molecular flexibility index (Phi) is 5.10. The molecule has 1 unspecified atom stereocenters. The van der Waals surface area contributed by atoms with Gasteiger partial charge in [-0.05, 0) is 62.8 Å². The number of hydrogen-bond acceptors (Lipinski definition) is 5. The van der Waals surface area contributed by atoms with Crippen LogP contribution in [0.4, 0.5) is 4.39 Å². The van der Waals surface area contributed by atoms with Crippen molar-refractivity contribution in [2.75, 3.05) is 20.1 Å². The number of piperidine rings is 1. The minimum atomic E-state index is -0.274. The van der Waals surface area contributed by atoms with Crippen LogP contribution in [0.15, 0.2) is 61.2 Å². The zero-order valence-electron chi connectivity index (χ0n) is 19.3. The first kappa shape index (κ1) is 20.9. The highest BCUT2D eigenvalue weighted by Gasteiger charge is 2.21. The van der Waals surface area contributed by atoms with E-state index in [0.717, 1.165) is 53.9 Å². The molecule has 0 saturated carbocycles. The molecule has 1 atom stereocenters. The molecule has 1 aromatic carbocycles. The molecule has 0 radical (unpaired) electrons. The number of rotatable bonds is 4. The Labute approximate surface area is 196 Å². The Balaban J connectivity index is 1.35. The van der Waals surface area contributed by atoms with Gasteiger partial charge in [0.05, 0.1) is 35.3 Å². The third kappa shape index (κ3) is 3.64. The number of fused-ring (bicyclic) bond motifs is 2. The largest absolute Gasteiger partial charge is 0.306 e.